The van der Waals surface area contributed by atoms with Crippen LogP contribution in [-0.4, -0.2) is 19.1 Å². The van der Waals surface area contributed by atoms with Gasteiger partial charge < -0.3 is 14.8 Å². The molecule has 1 N–H and O–H groups in total. The average molecular weight is 331 g/mol. The van der Waals surface area contributed by atoms with Crippen LogP contribution in [0.2, 0.25) is 0 Å². The molecule has 5 heteroatoms. The molecule has 0 fully saturated rings. The Hall–Kier alpha value is -2.56. The Morgan fingerprint density at radius 1 is 1.04 bits per heavy atom. The third-order valence-electron chi connectivity index (χ3n) is 3.52. The number of halogens is 1. The molecule has 0 saturated heterocycles. The summed E-state index contributed by atoms with van der Waals surface area (Å²) < 4.78 is 24.1. The van der Waals surface area contributed by atoms with Crippen LogP contribution in [0.1, 0.15) is 42.7 Å². The molecule has 0 bridgehead atoms. The highest BCUT2D eigenvalue weighted by atomic mass is 19.1. The lowest BCUT2D eigenvalue weighted by Gasteiger charge is -2.17. The lowest BCUT2D eigenvalue weighted by atomic mass is 10.1. The topological polar surface area (TPSA) is 47.6 Å². The fourth-order valence-electron chi connectivity index (χ4n) is 2.30. The van der Waals surface area contributed by atoms with Crippen molar-refractivity contribution in [3.8, 4) is 11.5 Å². The molecule has 0 aliphatic carbocycles. The number of rotatable bonds is 7. The van der Waals surface area contributed by atoms with Gasteiger partial charge >= 0.3 is 0 Å². The van der Waals surface area contributed by atoms with E-state index in [1.165, 1.54) is 24.3 Å². The maximum absolute atomic E-state index is 12.9. The average Bonchev–Trinajstić information content (AvgIpc) is 2.57. The van der Waals surface area contributed by atoms with Gasteiger partial charge in [0.1, 0.15) is 5.82 Å². The highest BCUT2D eigenvalue weighted by Gasteiger charge is 2.14. The summed E-state index contributed by atoms with van der Waals surface area (Å²) in [7, 11) is 0. The number of amides is 1. The van der Waals surface area contributed by atoms with Gasteiger partial charge in [0.25, 0.3) is 5.91 Å². The summed E-state index contributed by atoms with van der Waals surface area (Å²) in [4.78, 5) is 12.2. The zero-order valence-corrected chi connectivity index (χ0v) is 14.1. The van der Waals surface area contributed by atoms with Gasteiger partial charge in [0.05, 0.1) is 19.3 Å². The normalized spacial score (nSPS) is 11.7. The maximum atomic E-state index is 12.9. The number of carbonyl (C=O) groups excluding carboxylic acids is 1. The largest absolute Gasteiger partial charge is 0.490 e. The second kappa shape index (κ2) is 8.34. The van der Waals surface area contributed by atoms with Crippen LogP contribution in [0.3, 0.4) is 0 Å². The smallest absolute Gasteiger partial charge is 0.251 e. The Morgan fingerprint density at radius 2 is 1.67 bits per heavy atom. The Morgan fingerprint density at radius 3 is 2.29 bits per heavy atom. The van der Waals surface area contributed by atoms with E-state index in [-0.39, 0.29) is 17.8 Å². The van der Waals surface area contributed by atoms with Crippen molar-refractivity contribution in [3.05, 3.63) is 59.4 Å². The quantitative estimate of drug-likeness (QED) is 0.830. The van der Waals surface area contributed by atoms with E-state index in [1.807, 2.05) is 39.0 Å². The second-order valence-corrected chi connectivity index (χ2v) is 5.27. The Balaban J connectivity index is 2.13. The van der Waals surface area contributed by atoms with Crippen molar-refractivity contribution in [2.75, 3.05) is 13.2 Å². The summed E-state index contributed by atoms with van der Waals surface area (Å²) in [5, 5.41) is 2.89. The predicted molar refractivity (Wildman–Crippen MR) is 91.1 cm³/mol. The maximum Gasteiger partial charge on any atom is 0.251 e. The van der Waals surface area contributed by atoms with Crippen LogP contribution in [-0.2, 0) is 0 Å². The number of hydrogen-bond acceptors (Lipinski definition) is 3. The molecule has 4 nitrogen and oxygen atoms in total. The van der Waals surface area contributed by atoms with E-state index < -0.39 is 0 Å². The number of ether oxygens (including phenoxy) is 2. The molecule has 128 valence electrons. The minimum Gasteiger partial charge on any atom is -0.490 e. The van der Waals surface area contributed by atoms with Gasteiger partial charge in [-0.25, -0.2) is 4.39 Å². The van der Waals surface area contributed by atoms with E-state index in [4.69, 9.17) is 9.47 Å². The van der Waals surface area contributed by atoms with Gasteiger partial charge in [0, 0.05) is 5.56 Å². The van der Waals surface area contributed by atoms with Crippen molar-refractivity contribution < 1.29 is 18.7 Å². The van der Waals surface area contributed by atoms with Gasteiger partial charge in [-0.15, -0.1) is 0 Å². The number of hydrogen-bond donors (Lipinski definition) is 1. The van der Waals surface area contributed by atoms with Gasteiger partial charge in [0.15, 0.2) is 11.5 Å². The molecule has 0 spiro atoms. The van der Waals surface area contributed by atoms with Crippen LogP contribution in [0.5, 0.6) is 11.5 Å². The minimum absolute atomic E-state index is 0.225. The van der Waals surface area contributed by atoms with Gasteiger partial charge in [-0.1, -0.05) is 6.07 Å². The molecule has 0 unspecified atom stereocenters. The Labute approximate surface area is 141 Å². The van der Waals surface area contributed by atoms with Crippen LogP contribution in [0.25, 0.3) is 0 Å². The first-order chi connectivity index (χ1) is 11.5. The van der Waals surface area contributed by atoms with E-state index in [1.54, 1.807) is 0 Å². The monoisotopic (exact) mass is 331 g/mol. The van der Waals surface area contributed by atoms with E-state index in [9.17, 15) is 9.18 Å². The molecule has 0 aliphatic rings. The molecule has 24 heavy (non-hydrogen) atoms. The Bertz CT molecular complexity index is 686. The first-order valence-electron chi connectivity index (χ1n) is 8.01. The third-order valence-corrected chi connectivity index (χ3v) is 3.52. The zero-order chi connectivity index (χ0) is 17.5. The van der Waals surface area contributed by atoms with Crippen LogP contribution in [0, 0.1) is 5.82 Å². The summed E-state index contributed by atoms with van der Waals surface area (Å²) in [6.45, 7) is 6.78. The van der Waals surface area contributed by atoms with Crippen LogP contribution < -0.4 is 14.8 Å². The fourth-order valence-corrected chi connectivity index (χ4v) is 2.30. The molecule has 0 aliphatic heterocycles. The molecule has 2 aromatic rings. The van der Waals surface area contributed by atoms with E-state index >= 15 is 0 Å². The molecule has 0 radical (unpaired) electrons. The molecule has 0 aromatic heterocycles. The highest BCUT2D eigenvalue weighted by Crippen LogP contribution is 2.30. The van der Waals surface area contributed by atoms with Crippen LogP contribution >= 0.6 is 0 Å². The number of carbonyl (C=O) groups is 1. The SMILES string of the molecule is CCOc1ccc([C@H](C)NC(=O)c2ccc(F)cc2)cc1OCC. The van der Waals surface area contributed by atoms with Crippen molar-refractivity contribution >= 4 is 5.91 Å². The van der Waals surface area contributed by atoms with Gasteiger partial charge in [-0.3, -0.25) is 4.79 Å². The van der Waals surface area contributed by atoms with Gasteiger partial charge in [0.2, 0.25) is 0 Å². The second-order valence-electron chi connectivity index (χ2n) is 5.27. The fraction of sp³-hybridized carbons (Fsp3) is 0.316. The van der Waals surface area contributed by atoms with Crippen LogP contribution in [0.15, 0.2) is 42.5 Å². The Kier molecular flexibility index (Phi) is 6.18. The molecule has 0 saturated carbocycles. The van der Waals surface area contributed by atoms with E-state index in [0.717, 1.165) is 5.56 Å². The molecule has 1 amide bonds. The standard InChI is InChI=1S/C19H22FNO3/c1-4-23-17-11-8-15(12-18(17)24-5-2)13(3)21-19(22)14-6-9-16(20)10-7-14/h6-13H,4-5H2,1-3H3,(H,21,22)/t13-/m0/s1. The van der Waals surface area contributed by atoms with Gasteiger partial charge in [-0.05, 0) is 62.7 Å². The summed E-state index contributed by atoms with van der Waals surface area (Å²) in [6.07, 6.45) is 0. The lowest BCUT2D eigenvalue weighted by Crippen LogP contribution is -2.26. The van der Waals surface area contributed by atoms with Crippen molar-refractivity contribution in [2.24, 2.45) is 0 Å². The van der Waals surface area contributed by atoms with Crippen molar-refractivity contribution in [1.29, 1.82) is 0 Å². The first kappa shape index (κ1) is 17.8. The molecular formula is C19H22FNO3. The zero-order valence-electron chi connectivity index (χ0n) is 14.1. The van der Waals surface area contributed by atoms with Gasteiger partial charge in [-0.2, -0.15) is 0 Å². The number of benzene rings is 2. The first-order valence-corrected chi connectivity index (χ1v) is 8.01. The lowest BCUT2D eigenvalue weighted by molar-refractivity contribution is 0.0939. The predicted octanol–water partition coefficient (Wildman–Crippen LogP) is 4.11. The number of nitrogens with one attached hydrogen (secondary N) is 1. The molecule has 2 aromatic carbocycles. The molecule has 2 rings (SSSR count). The van der Waals surface area contributed by atoms with Crippen molar-refractivity contribution in [2.45, 2.75) is 26.8 Å². The molecular weight excluding hydrogens is 309 g/mol. The van der Waals surface area contributed by atoms with E-state index in [2.05, 4.69) is 5.32 Å². The summed E-state index contributed by atoms with van der Waals surface area (Å²) in [5.41, 5.74) is 1.32. The highest BCUT2D eigenvalue weighted by molar-refractivity contribution is 5.94. The van der Waals surface area contributed by atoms with Crippen molar-refractivity contribution in [1.82, 2.24) is 5.32 Å². The molecule has 1 atom stereocenters. The molecule has 0 heterocycles. The third kappa shape index (κ3) is 4.47. The summed E-state index contributed by atoms with van der Waals surface area (Å²) in [6, 6.07) is 10.8. The van der Waals surface area contributed by atoms with Crippen molar-refractivity contribution in [3.63, 3.8) is 0 Å². The van der Waals surface area contributed by atoms with E-state index in [0.29, 0.717) is 30.3 Å². The minimum atomic E-state index is -0.368. The summed E-state index contributed by atoms with van der Waals surface area (Å²) >= 11 is 0. The summed E-state index contributed by atoms with van der Waals surface area (Å²) in [5.74, 6) is 0.710. The van der Waals surface area contributed by atoms with Crippen LogP contribution in [0.4, 0.5) is 4.39 Å².